The van der Waals surface area contributed by atoms with Crippen LogP contribution >= 0.6 is 11.3 Å². The third-order valence-corrected chi connectivity index (χ3v) is 6.15. The highest BCUT2D eigenvalue weighted by molar-refractivity contribution is 7.12. The van der Waals surface area contributed by atoms with E-state index in [1.54, 1.807) is 30.6 Å². The summed E-state index contributed by atoms with van der Waals surface area (Å²) in [6, 6.07) is 9.55. The molecule has 0 saturated carbocycles. The van der Waals surface area contributed by atoms with Crippen molar-refractivity contribution in [1.29, 1.82) is 0 Å². The fourth-order valence-electron chi connectivity index (χ4n) is 3.69. The third-order valence-electron chi connectivity index (χ3n) is 5.23. The SMILES string of the molecule is COc1ccc([C@@H]2CC(c3cccs3)=NN2C(=O)CN2CCOCC2)c(OC)c1. The van der Waals surface area contributed by atoms with E-state index < -0.39 is 0 Å². The molecule has 1 atom stereocenters. The number of carbonyl (C=O) groups is 1. The maximum absolute atomic E-state index is 13.2. The van der Waals surface area contributed by atoms with Crippen LogP contribution in [0.25, 0.3) is 0 Å². The minimum Gasteiger partial charge on any atom is -0.497 e. The molecule has 8 heteroatoms. The van der Waals surface area contributed by atoms with Gasteiger partial charge in [0.25, 0.3) is 5.91 Å². The van der Waals surface area contributed by atoms with Gasteiger partial charge in [0.1, 0.15) is 11.5 Å². The molecule has 2 aliphatic rings. The fraction of sp³-hybridized carbons (Fsp3) is 0.429. The molecule has 0 aliphatic carbocycles. The second-order valence-corrected chi connectivity index (χ2v) is 7.93. The molecule has 0 bridgehead atoms. The number of methoxy groups -OCH3 is 2. The van der Waals surface area contributed by atoms with Crippen LogP contribution in [0.4, 0.5) is 0 Å². The van der Waals surface area contributed by atoms with Crippen LogP contribution in [0.1, 0.15) is 22.9 Å². The number of rotatable bonds is 6. The molecule has 1 saturated heterocycles. The van der Waals surface area contributed by atoms with Crippen molar-refractivity contribution in [3.05, 3.63) is 46.2 Å². The Morgan fingerprint density at radius 1 is 1.24 bits per heavy atom. The van der Waals surface area contributed by atoms with Gasteiger partial charge in [0.2, 0.25) is 0 Å². The molecule has 154 valence electrons. The van der Waals surface area contributed by atoms with E-state index in [9.17, 15) is 4.79 Å². The molecule has 1 aromatic carbocycles. The molecule has 4 rings (SSSR count). The Bertz CT molecular complexity index is 878. The lowest BCUT2D eigenvalue weighted by Gasteiger charge is -2.29. The van der Waals surface area contributed by atoms with Gasteiger partial charge in [-0.3, -0.25) is 9.69 Å². The van der Waals surface area contributed by atoms with Crippen molar-refractivity contribution in [1.82, 2.24) is 9.91 Å². The second-order valence-electron chi connectivity index (χ2n) is 6.98. The highest BCUT2D eigenvalue weighted by atomic mass is 32.1. The molecule has 7 nitrogen and oxygen atoms in total. The summed E-state index contributed by atoms with van der Waals surface area (Å²) in [5.41, 5.74) is 1.86. The first-order chi connectivity index (χ1) is 14.2. The van der Waals surface area contributed by atoms with Gasteiger partial charge >= 0.3 is 0 Å². The number of ether oxygens (including phenoxy) is 3. The minimum atomic E-state index is -0.207. The Morgan fingerprint density at radius 3 is 2.76 bits per heavy atom. The van der Waals surface area contributed by atoms with Gasteiger partial charge in [0.15, 0.2) is 0 Å². The summed E-state index contributed by atoms with van der Waals surface area (Å²) in [4.78, 5) is 16.4. The van der Waals surface area contributed by atoms with Crippen LogP contribution in [0.2, 0.25) is 0 Å². The topological polar surface area (TPSA) is 63.6 Å². The van der Waals surface area contributed by atoms with Gasteiger partial charge in [-0.1, -0.05) is 6.07 Å². The zero-order valence-electron chi connectivity index (χ0n) is 16.7. The fourth-order valence-corrected chi connectivity index (χ4v) is 4.41. The summed E-state index contributed by atoms with van der Waals surface area (Å²) in [6.07, 6.45) is 0.651. The van der Waals surface area contributed by atoms with Crippen molar-refractivity contribution in [3.8, 4) is 11.5 Å². The Balaban J connectivity index is 1.63. The standard InChI is InChI=1S/C21H25N3O4S/c1-26-15-5-6-16(19(12-15)27-2)18-13-17(20-4-3-11-29-20)22-24(18)21(25)14-23-7-9-28-10-8-23/h3-6,11-12,18H,7-10,13-14H2,1-2H3/t18-/m0/s1. The number of nitrogens with zero attached hydrogens (tertiary/aromatic N) is 3. The monoisotopic (exact) mass is 415 g/mol. The van der Waals surface area contributed by atoms with Crippen molar-refractivity contribution in [3.63, 3.8) is 0 Å². The first-order valence-corrected chi connectivity index (χ1v) is 10.5. The zero-order chi connectivity index (χ0) is 20.2. The molecule has 0 radical (unpaired) electrons. The van der Waals surface area contributed by atoms with Crippen LogP contribution in [-0.4, -0.2) is 68.6 Å². The molecule has 0 unspecified atom stereocenters. The maximum Gasteiger partial charge on any atom is 0.257 e. The predicted octanol–water partition coefficient (Wildman–Crippen LogP) is 2.78. The van der Waals surface area contributed by atoms with Crippen LogP contribution in [0.5, 0.6) is 11.5 Å². The minimum absolute atomic E-state index is 0.0127. The molecule has 3 heterocycles. The van der Waals surface area contributed by atoms with Crippen molar-refractivity contribution < 1.29 is 19.0 Å². The molecule has 29 heavy (non-hydrogen) atoms. The summed E-state index contributed by atoms with van der Waals surface area (Å²) in [7, 11) is 3.26. The van der Waals surface area contributed by atoms with E-state index in [2.05, 4.69) is 4.90 Å². The normalized spacial score (nSPS) is 19.9. The van der Waals surface area contributed by atoms with Crippen LogP contribution < -0.4 is 9.47 Å². The summed E-state index contributed by atoms with van der Waals surface area (Å²) < 4.78 is 16.3. The number of benzene rings is 1. The highest BCUT2D eigenvalue weighted by Gasteiger charge is 2.35. The number of hydrazone groups is 1. The smallest absolute Gasteiger partial charge is 0.257 e. The van der Waals surface area contributed by atoms with Gasteiger partial charge in [-0.15, -0.1) is 11.3 Å². The number of thiophene rings is 1. The lowest BCUT2D eigenvalue weighted by molar-refractivity contribution is -0.135. The average molecular weight is 416 g/mol. The van der Waals surface area contributed by atoms with Gasteiger partial charge in [-0.2, -0.15) is 5.10 Å². The van der Waals surface area contributed by atoms with E-state index in [4.69, 9.17) is 19.3 Å². The van der Waals surface area contributed by atoms with E-state index in [1.165, 1.54) is 0 Å². The van der Waals surface area contributed by atoms with E-state index in [0.717, 1.165) is 29.2 Å². The lowest BCUT2D eigenvalue weighted by Crippen LogP contribution is -2.43. The second kappa shape index (κ2) is 8.94. The van der Waals surface area contributed by atoms with Crippen molar-refractivity contribution in [2.24, 2.45) is 5.10 Å². The van der Waals surface area contributed by atoms with Gasteiger partial charge in [0.05, 0.1) is 50.6 Å². The molecular weight excluding hydrogens is 390 g/mol. The molecule has 2 aromatic rings. The van der Waals surface area contributed by atoms with Crippen molar-refractivity contribution >= 4 is 23.0 Å². The Hall–Kier alpha value is -2.42. The average Bonchev–Trinajstić information content (AvgIpc) is 3.44. The molecule has 0 N–H and O–H groups in total. The Kier molecular flexibility index (Phi) is 6.13. The largest absolute Gasteiger partial charge is 0.497 e. The summed E-state index contributed by atoms with van der Waals surface area (Å²) >= 11 is 1.64. The first-order valence-electron chi connectivity index (χ1n) is 9.65. The van der Waals surface area contributed by atoms with Gasteiger partial charge < -0.3 is 14.2 Å². The molecule has 0 spiro atoms. The van der Waals surface area contributed by atoms with Gasteiger partial charge in [-0.05, 0) is 23.6 Å². The molecule has 1 amide bonds. The van der Waals surface area contributed by atoms with Crippen molar-refractivity contribution in [2.75, 3.05) is 47.1 Å². The van der Waals surface area contributed by atoms with Crippen LogP contribution in [0.15, 0.2) is 40.8 Å². The number of hydrogen-bond acceptors (Lipinski definition) is 7. The van der Waals surface area contributed by atoms with Crippen molar-refractivity contribution in [2.45, 2.75) is 12.5 Å². The predicted molar refractivity (Wildman–Crippen MR) is 112 cm³/mol. The van der Waals surface area contributed by atoms with E-state index in [0.29, 0.717) is 37.7 Å². The van der Waals surface area contributed by atoms with E-state index in [1.807, 2.05) is 35.7 Å². The third kappa shape index (κ3) is 4.29. The number of carbonyl (C=O) groups excluding carboxylic acids is 1. The number of hydrogen-bond donors (Lipinski definition) is 0. The van der Waals surface area contributed by atoms with Crippen LogP contribution in [0, 0.1) is 0 Å². The summed E-state index contributed by atoms with van der Waals surface area (Å²) in [5, 5.41) is 8.40. The van der Waals surface area contributed by atoms with Gasteiger partial charge in [-0.25, -0.2) is 5.01 Å². The quantitative estimate of drug-likeness (QED) is 0.726. The van der Waals surface area contributed by atoms with Crippen LogP contribution in [-0.2, 0) is 9.53 Å². The first kappa shape index (κ1) is 19.9. The maximum atomic E-state index is 13.2. The molecule has 1 aromatic heterocycles. The van der Waals surface area contributed by atoms with Crippen LogP contribution in [0.3, 0.4) is 0 Å². The lowest BCUT2D eigenvalue weighted by atomic mass is 9.99. The highest BCUT2D eigenvalue weighted by Crippen LogP contribution is 2.39. The summed E-state index contributed by atoms with van der Waals surface area (Å²) in [5.74, 6) is 1.40. The Morgan fingerprint density at radius 2 is 2.07 bits per heavy atom. The Labute approximate surface area is 174 Å². The number of amides is 1. The van der Waals surface area contributed by atoms with E-state index in [-0.39, 0.29) is 11.9 Å². The molecule has 1 fully saturated rings. The number of morpholine rings is 1. The molecular formula is C21H25N3O4S. The van der Waals surface area contributed by atoms with E-state index >= 15 is 0 Å². The molecule has 2 aliphatic heterocycles. The summed E-state index contributed by atoms with van der Waals surface area (Å²) in [6.45, 7) is 3.17. The zero-order valence-corrected chi connectivity index (χ0v) is 17.5. The van der Waals surface area contributed by atoms with Gasteiger partial charge in [0, 0.05) is 31.1 Å².